The Morgan fingerprint density at radius 2 is 2.05 bits per heavy atom. The van der Waals surface area contributed by atoms with Gasteiger partial charge in [-0.15, -0.1) is 0 Å². The maximum absolute atomic E-state index is 12.5. The lowest BCUT2D eigenvalue weighted by molar-refractivity contribution is -0.206. The molecular weight excluding hydrogens is 282 g/mol. The van der Waals surface area contributed by atoms with E-state index in [2.05, 4.69) is 0 Å². The molecule has 0 N–H and O–H groups in total. The maximum Gasteiger partial charge on any atom is 0.329 e. The largest absolute Gasteiger partial charge is 0.465 e. The number of rotatable bonds is 6. The fraction of sp³-hybridized carbons (Fsp3) is 0.529. The van der Waals surface area contributed by atoms with E-state index in [9.17, 15) is 9.59 Å². The van der Waals surface area contributed by atoms with Gasteiger partial charge in [0.25, 0.3) is 0 Å². The molecule has 0 radical (unpaired) electrons. The van der Waals surface area contributed by atoms with Gasteiger partial charge in [-0.3, -0.25) is 4.84 Å². The lowest BCUT2D eigenvalue weighted by atomic mass is 9.82. The van der Waals surface area contributed by atoms with Crippen LogP contribution in [0, 0.1) is 5.92 Å². The van der Waals surface area contributed by atoms with E-state index in [-0.39, 0.29) is 12.7 Å². The van der Waals surface area contributed by atoms with Crippen LogP contribution in [0.3, 0.4) is 0 Å². The molecule has 0 unspecified atom stereocenters. The van der Waals surface area contributed by atoms with Gasteiger partial charge in [0.05, 0.1) is 25.2 Å². The molecule has 0 aliphatic carbocycles. The first-order chi connectivity index (χ1) is 10.6. The predicted octanol–water partition coefficient (Wildman–Crippen LogP) is 2.35. The van der Waals surface area contributed by atoms with Crippen molar-refractivity contribution in [3.05, 3.63) is 35.9 Å². The van der Waals surface area contributed by atoms with Gasteiger partial charge >= 0.3 is 5.97 Å². The number of hydrogen-bond donors (Lipinski definition) is 0. The Morgan fingerprint density at radius 3 is 2.59 bits per heavy atom. The number of esters is 1. The Labute approximate surface area is 131 Å². The summed E-state index contributed by atoms with van der Waals surface area (Å²) in [5.41, 5.74) is -0.0895. The molecule has 0 spiro atoms. The molecule has 0 aromatic heterocycles. The van der Waals surface area contributed by atoms with E-state index in [1.807, 2.05) is 37.3 Å². The lowest BCUT2D eigenvalue weighted by Gasteiger charge is -2.32. The van der Waals surface area contributed by atoms with Gasteiger partial charge in [0.1, 0.15) is 6.29 Å². The molecule has 1 saturated heterocycles. The van der Waals surface area contributed by atoms with Crippen LogP contribution in [0.1, 0.15) is 32.8 Å². The maximum atomic E-state index is 12.5. The van der Waals surface area contributed by atoms with E-state index in [4.69, 9.17) is 9.57 Å². The van der Waals surface area contributed by atoms with Crippen LogP contribution in [-0.4, -0.2) is 35.6 Å². The molecule has 0 saturated carbocycles. The highest BCUT2D eigenvalue weighted by Crippen LogP contribution is 2.39. The average molecular weight is 305 g/mol. The van der Waals surface area contributed by atoms with Crippen LogP contribution in [0.15, 0.2) is 30.3 Å². The van der Waals surface area contributed by atoms with Gasteiger partial charge in [0.2, 0.25) is 0 Å². The van der Waals surface area contributed by atoms with Gasteiger partial charge in [-0.25, -0.2) is 4.79 Å². The Bertz CT molecular complexity index is 519. The second-order valence-electron chi connectivity index (χ2n) is 5.60. The summed E-state index contributed by atoms with van der Waals surface area (Å²) >= 11 is 0. The zero-order chi connectivity index (χ0) is 16.2. The fourth-order valence-electron chi connectivity index (χ4n) is 2.88. The van der Waals surface area contributed by atoms with E-state index in [1.54, 1.807) is 18.9 Å². The number of carbonyl (C=O) groups excluding carboxylic acids is 2. The average Bonchev–Trinajstić information content (AvgIpc) is 2.81. The molecule has 2 rings (SSSR count). The third kappa shape index (κ3) is 2.91. The Balaban J connectivity index is 2.32. The minimum absolute atomic E-state index is 0.274. The molecule has 3 atom stereocenters. The summed E-state index contributed by atoms with van der Waals surface area (Å²) in [4.78, 5) is 30.0. The quantitative estimate of drug-likeness (QED) is 0.596. The standard InChI is InChI=1S/C17H23NO4/c1-4-15-14(12-19)17(3,16(20)21-5-2)18(22-15)11-13-9-7-6-8-10-13/h6-10,12,14-15H,4-5,11H2,1-3H3/t14-,15-,17-/m1/s1. The van der Waals surface area contributed by atoms with E-state index in [0.717, 1.165) is 11.8 Å². The highest BCUT2D eigenvalue weighted by atomic mass is 16.7. The van der Waals surface area contributed by atoms with Crippen LogP contribution in [0.5, 0.6) is 0 Å². The molecular formula is C17H23NO4. The topological polar surface area (TPSA) is 55.8 Å². The van der Waals surface area contributed by atoms with Crippen LogP contribution in [0.2, 0.25) is 0 Å². The zero-order valence-electron chi connectivity index (χ0n) is 13.3. The number of hydrogen-bond acceptors (Lipinski definition) is 5. The fourth-order valence-corrected chi connectivity index (χ4v) is 2.88. The van der Waals surface area contributed by atoms with Crippen molar-refractivity contribution in [2.75, 3.05) is 6.61 Å². The van der Waals surface area contributed by atoms with Crippen LogP contribution in [0.25, 0.3) is 0 Å². The SMILES string of the molecule is CCOC(=O)[C@@]1(C)[C@H](C=O)[C@@H](CC)ON1Cc1ccccc1. The minimum Gasteiger partial charge on any atom is -0.465 e. The number of carbonyl (C=O) groups is 2. The normalized spacial score (nSPS) is 28.5. The third-order valence-electron chi connectivity index (χ3n) is 4.24. The van der Waals surface area contributed by atoms with Crippen molar-refractivity contribution in [1.82, 2.24) is 5.06 Å². The summed E-state index contributed by atoms with van der Waals surface area (Å²) in [6, 6.07) is 9.72. The summed E-state index contributed by atoms with van der Waals surface area (Å²) < 4.78 is 5.20. The number of benzene rings is 1. The number of aldehydes is 1. The van der Waals surface area contributed by atoms with Crippen LogP contribution >= 0.6 is 0 Å². The van der Waals surface area contributed by atoms with Crippen molar-refractivity contribution in [2.24, 2.45) is 5.92 Å². The monoisotopic (exact) mass is 305 g/mol. The van der Waals surface area contributed by atoms with Crippen molar-refractivity contribution in [3.8, 4) is 0 Å². The Morgan fingerprint density at radius 1 is 1.36 bits per heavy atom. The van der Waals surface area contributed by atoms with Gasteiger partial charge in [0.15, 0.2) is 5.54 Å². The summed E-state index contributed by atoms with van der Waals surface area (Å²) in [5, 5.41) is 1.60. The molecule has 1 heterocycles. The molecule has 5 nitrogen and oxygen atoms in total. The predicted molar refractivity (Wildman–Crippen MR) is 81.7 cm³/mol. The molecule has 1 aliphatic heterocycles. The summed E-state index contributed by atoms with van der Waals surface area (Å²) in [6.07, 6.45) is 1.16. The molecule has 5 heteroatoms. The van der Waals surface area contributed by atoms with Crippen molar-refractivity contribution >= 4 is 12.3 Å². The van der Waals surface area contributed by atoms with E-state index >= 15 is 0 Å². The first kappa shape index (κ1) is 16.6. The van der Waals surface area contributed by atoms with Gasteiger partial charge in [-0.2, -0.15) is 5.06 Å². The van der Waals surface area contributed by atoms with Crippen molar-refractivity contribution < 1.29 is 19.2 Å². The minimum atomic E-state index is -1.10. The van der Waals surface area contributed by atoms with E-state index < -0.39 is 17.4 Å². The van der Waals surface area contributed by atoms with Crippen molar-refractivity contribution in [2.45, 2.75) is 45.4 Å². The van der Waals surface area contributed by atoms with E-state index in [0.29, 0.717) is 13.0 Å². The molecule has 22 heavy (non-hydrogen) atoms. The highest BCUT2D eigenvalue weighted by Gasteiger charge is 2.57. The second kappa shape index (κ2) is 7.03. The number of nitrogens with zero attached hydrogens (tertiary/aromatic N) is 1. The Kier molecular flexibility index (Phi) is 5.32. The molecule has 1 aromatic rings. The number of hydroxylamine groups is 2. The Hall–Kier alpha value is -1.72. The van der Waals surface area contributed by atoms with E-state index in [1.165, 1.54) is 0 Å². The molecule has 0 amide bonds. The first-order valence-electron chi connectivity index (χ1n) is 7.68. The smallest absolute Gasteiger partial charge is 0.329 e. The molecule has 1 aliphatic rings. The summed E-state index contributed by atoms with van der Waals surface area (Å²) in [6.45, 7) is 6.13. The number of ether oxygens (including phenoxy) is 1. The molecule has 120 valence electrons. The van der Waals surface area contributed by atoms with Crippen LogP contribution in [-0.2, 0) is 25.7 Å². The second-order valence-corrected chi connectivity index (χ2v) is 5.60. The summed E-state index contributed by atoms with van der Waals surface area (Å²) in [7, 11) is 0. The van der Waals surface area contributed by atoms with Gasteiger partial charge in [-0.05, 0) is 25.8 Å². The first-order valence-corrected chi connectivity index (χ1v) is 7.68. The van der Waals surface area contributed by atoms with Gasteiger partial charge in [-0.1, -0.05) is 37.3 Å². The van der Waals surface area contributed by atoms with Gasteiger partial charge < -0.3 is 9.53 Å². The van der Waals surface area contributed by atoms with Crippen molar-refractivity contribution in [1.29, 1.82) is 0 Å². The molecule has 1 fully saturated rings. The van der Waals surface area contributed by atoms with Crippen LogP contribution in [0.4, 0.5) is 0 Å². The summed E-state index contributed by atoms with van der Waals surface area (Å²) in [5.74, 6) is -0.959. The van der Waals surface area contributed by atoms with Gasteiger partial charge in [0, 0.05) is 0 Å². The third-order valence-corrected chi connectivity index (χ3v) is 4.24. The zero-order valence-corrected chi connectivity index (χ0v) is 13.3. The van der Waals surface area contributed by atoms with Crippen LogP contribution < -0.4 is 0 Å². The molecule has 0 bridgehead atoms. The molecule has 1 aromatic carbocycles. The van der Waals surface area contributed by atoms with Crippen molar-refractivity contribution in [3.63, 3.8) is 0 Å². The lowest BCUT2D eigenvalue weighted by Crippen LogP contribution is -2.53. The highest BCUT2D eigenvalue weighted by molar-refractivity contribution is 5.85.